The van der Waals surface area contributed by atoms with Crippen molar-refractivity contribution in [1.29, 1.82) is 0 Å². The molecule has 0 aliphatic rings. The van der Waals surface area contributed by atoms with Gasteiger partial charge < -0.3 is 5.32 Å². The summed E-state index contributed by atoms with van der Waals surface area (Å²) in [7, 11) is 0. The van der Waals surface area contributed by atoms with Crippen LogP contribution in [0.3, 0.4) is 0 Å². The van der Waals surface area contributed by atoms with E-state index >= 15 is 0 Å². The lowest BCUT2D eigenvalue weighted by atomic mass is 10.2. The Morgan fingerprint density at radius 2 is 2.05 bits per heavy atom. The monoisotopic (exact) mass is 305 g/mol. The van der Waals surface area contributed by atoms with Gasteiger partial charge in [0.05, 0.1) is 4.21 Å². The predicted molar refractivity (Wildman–Crippen MR) is 86.1 cm³/mol. The highest BCUT2D eigenvalue weighted by atomic mass is 32.2. The lowest BCUT2D eigenvalue weighted by Gasteiger charge is -2.09. The summed E-state index contributed by atoms with van der Waals surface area (Å²) in [6, 6.07) is 8.96. The van der Waals surface area contributed by atoms with Gasteiger partial charge in [0.15, 0.2) is 5.43 Å². The highest BCUT2D eigenvalue weighted by Gasteiger charge is 2.16. The van der Waals surface area contributed by atoms with Crippen molar-refractivity contribution < 1.29 is 4.79 Å². The summed E-state index contributed by atoms with van der Waals surface area (Å²) in [6.07, 6.45) is 0. The minimum Gasteiger partial charge on any atom is -0.322 e. The van der Waals surface area contributed by atoms with Crippen molar-refractivity contribution in [2.75, 3.05) is 11.1 Å². The fourth-order valence-electron chi connectivity index (χ4n) is 1.74. The van der Waals surface area contributed by atoms with Crippen LogP contribution in [0.25, 0.3) is 0 Å². The SMILES string of the molecule is CCSc1sccc(=O)c1C(=O)Nc1ccccc1C. The summed E-state index contributed by atoms with van der Waals surface area (Å²) < 4.78 is 0.770. The molecular formula is C15H15NO2S2. The Balaban J connectivity index is 2.35. The zero-order valence-electron chi connectivity index (χ0n) is 11.3. The number of amides is 1. The van der Waals surface area contributed by atoms with E-state index in [4.69, 9.17) is 0 Å². The van der Waals surface area contributed by atoms with Crippen LogP contribution in [0.1, 0.15) is 22.8 Å². The number of benzene rings is 1. The van der Waals surface area contributed by atoms with Gasteiger partial charge in [0.2, 0.25) is 0 Å². The summed E-state index contributed by atoms with van der Waals surface area (Å²) in [5.74, 6) is 0.488. The van der Waals surface area contributed by atoms with Crippen LogP contribution in [0.5, 0.6) is 0 Å². The third-order valence-electron chi connectivity index (χ3n) is 2.74. The van der Waals surface area contributed by atoms with Crippen LogP contribution >= 0.6 is 23.1 Å². The molecule has 0 fully saturated rings. The zero-order valence-corrected chi connectivity index (χ0v) is 12.9. The third-order valence-corrected chi connectivity index (χ3v) is 4.83. The molecule has 0 unspecified atom stereocenters. The van der Waals surface area contributed by atoms with Crippen molar-refractivity contribution in [2.45, 2.75) is 18.1 Å². The van der Waals surface area contributed by atoms with Gasteiger partial charge in [-0.2, -0.15) is 0 Å². The van der Waals surface area contributed by atoms with Crippen LogP contribution in [0, 0.1) is 6.92 Å². The molecule has 1 aromatic heterocycles. The number of carbonyl (C=O) groups excluding carboxylic acids is 1. The number of rotatable bonds is 4. The fourth-order valence-corrected chi connectivity index (χ4v) is 3.76. The second-order valence-electron chi connectivity index (χ2n) is 4.15. The standard InChI is InChI=1S/C15H15NO2S2/c1-3-19-15-13(12(17)8-9-20-15)14(18)16-11-7-5-4-6-10(11)2/h4-9H,3H2,1-2H3,(H,16,18). The van der Waals surface area contributed by atoms with E-state index in [0.717, 1.165) is 21.2 Å². The maximum absolute atomic E-state index is 12.4. The molecule has 0 aliphatic heterocycles. The maximum Gasteiger partial charge on any atom is 0.261 e. The van der Waals surface area contributed by atoms with Crippen molar-refractivity contribution in [1.82, 2.24) is 0 Å². The molecule has 1 aromatic carbocycles. The van der Waals surface area contributed by atoms with Gasteiger partial charge in [-0.15, -0.1) is 23.1 Å². The predicted octanol–water partition coefficient (Wildman–Crippen LogP) is 3.78. The lowest BCUT2D eigenvalue weighted by molar-refractivity contribution is 0.102. The van der Waals surface area contributed by atoms with Crippen molar-refractivity contribution in [3.63, 3.8) is 0 Å². The minimum atomic E-state index is -0.336. The summed E-state index contributed by atoms with van der Waals surface area (Å²) in [6.45, 7) is 3.92. The first-order valence-corrected chi connectivity index (χ1v) is 8.11. The number of nitrogens with one attached hydrogen (secondary N) is 1. The average molecular weight is 305 g/mol. The second-order valence-corrected chi connectivity index (χ2v) is 6.60. The molecule has 20 heavy (non-hydrogen) atoms. The Morgan fingerprint density at radius 1 is 1.30 bits per heavy atom. The molecule has 0 bridgehead atoms. The maximum atomic E-state index is 12.4. The van der Waals surface area contributed by atoms with Crippen LogP contribution < -0.4 is 10.7 Å². The lowest BCUT2D eigenvalue weighted by Crippen LogP contribution is -2.21. The van der Waals surface area contributed by atoms with Crippen LogP contribution in [0.2, 0.25) is 0 Å². The van der Waals surface area contributed by atoms with E-state index in [-0.39, 0.29) is 16.9 Å². The molecule has 0 atom stereocenters. The Kier molecular flexibility index (Phi) is 4.98. The first kappa shape index (κ1) is 14.8. The van der Waals surface area contributed by atoms with E-state index in [0.29, 0.717) is 0 Å². The molecule has 1 heterocycles. The molecule has 0 saturated carbocycles. The number of aryl methyl sites for hydroxylation is 1. The molecule has 2 rings (SSSR count). The topological polar surface area (TPSA) is 46.2 Å². The normalized spacial score (nSPS) is 10.3. The van der Waals surface area contributed by atoms with Gasteiger partial charge in [-0.1, -0.05) is 25.1 Å². The molecule has 0 aliphatic carbocycles. The fraction of sp³-hybridized carbons (Fsp3) is 0.200. The minimum absolute atomic E-state index is 0.231. The van der Waals surface area contributed by atoms with E-state index in [1.54, 1.807) is 5.38 Å². The molecule has 0 saturated heterocycles. The van der Waals surface area contributed by atoms with Crippen molar-refractivity contribution >= 4 is 34.7 Å². The molecule has 0 radical (unpaired) electrons. The van der Waals surface area contributed by atoms with Gasteiger partial charge in [0.25, 0.3) is 5.91 Å². The van der Waals surface area contributed by atoms with Gasteiger partial charge in [0.1, 0.15) is 5.56 Å². The highest BCUT2D eigenvalue weighted by molar-refractivity contribution is 8.01. The number of hydrogen-bond donors (Lipinski definition) is 1. The van der Waals surface area contributed by atoms with Crippen molar-refractivity contribution in [2.24, 2.45) is 0 Å². The molecular weight excluding hydrogens is 290 g/mol. The van der Waals surface area contributed by atoms with Gasteiger partial charge in [-0.3, -0.25) is 9.59 Å². The number of hydrogen-bond acceptors (Lipinski definition) is 4. The van der Waals surface area contributed by atoms with E-state index in [9.17, 15) is 9.59 Å². The molecule has 0 spiro atoms. The number of thioether (sulfide) groups is 1. The van der Waals surface area contributed by atoms with Gasteiger partial charge >= 0.3 is 0 Å². The van der Waals surface area contributed by atoms with Crippen molar-refractivity contribution in [3.8, 4) is 0 Å². The first-order chi connectivity index (χ1) is 9.63. The van der Waals surface area contributed by atoms with Crippen LogP contribution in [0.15, 0.2) is 44.7 Å². The largest absolute Gasteiger partial charge is 0.322 e. The average Bonchev–Trinajstić information content (AvgIpc) is 2.42. The smallest absolute Gasteiger partial charge is 0.261 e. The molecule has 1 N–H and O–H groups in total. The van der Waals surface area contributed by atoms with E-state index in [1.807, 2.05) is 38.1 Å². The van der Waals surface area contributed by atoms with Crippen LogP contribution in [-0.4, -0.2) is 11.7 Å². The molecule has 1 amide bonds. The molecule has 3 nitrogen and oxygen atoms in total. The third kappa shape index (κ3) is 3.29. The summed E-state index contributed by atoms with van der Waals surface area (Å²) in [4.78, 5) is 24.3. The van der Waals surface area contributed by atoms with Gasteiger partial charge in [-0.05, 0) is 35.8 Å². The second kappa shape index (κ2) is 6.72. The Bertz CT molecular complexity index is 680. The van der Waals surface area contributed by atoms with E-state index in [2.05, 4.69) is 5.32 Å². The Labute approximate surface area is 126 Å². The molecule has 2 aromatic rings. The zero-order chi connectivity index (χ0) is 14.5. The Morgan fingerprint density at radius 3 is 2.75 bits per heavy atom. The quantitative estimate of drug-likeness (QED) is 0.874. The van der Waals surface area contributed by atoms with E-state index in [1.165, 1.54) is 29.2 Å². The summed E-state index contributed by atoms with van der Waals surface area (Å²) in [5, 5.41) is 4.55. The number of carbonyl (C=O) groups is 1. The molecule has 104 valence electrons. The summed E-state index contributed by atoms with van der Waals surface area (Å²) >= 11 is 2.94. The summed E-state index contributed by atoms with van der Waals surface area (Å²) in [5.41, 5.74) is 1.72. The highest BCUT2D eigenvalue weighted by Crippen LogP contribution is 2.25. The molecule has 5 heteroatoms. The van der Waals surface area contributed by atoms with E-state index < -0.39 is 0 Å². The van der Waals surface area contributed by atoms with Gasteiger partial charge in [0, 0.05) is 5.69 Å². The van der Waals surface area contributed by atoms with Crippen LogP contribution in [0.4, 0.5) is 5.69 Å². The van der Waals surface area contributed by atoms with Gasteiger partial charge in [-0.25, -0.2) is 0 Å². The van der Waals surface area contributed by atoms with Crippen LogP contribution in [-0.2, 0) is 0 Å². The Hall–Kier alpha value is -1.59. The van der Waals surface area contributed by atoms with Crippen molar-refractivity contribution in [3.05, 3.63) is 57.1 Å². The number of anilines is 1. The first-order valence-electron chi connectivity index (χ1n) is 6.25. The number of para-hydroxylation sites is 1.